The van der Waals surface area contributed by atoms with Crippen LogP contribution in [0, 0.1) is 0 Å². The van der Waals surface area contributed by atoms with Crippen LogP contribution in [-0.2, 0) is 0 Å². The van der Waals surface area contributed by atoms with Crippen LogP contribution in [0.25, 0.3) is 21.2 Å². The molecule has 0 aliphatic heterocycles. The Morgan fingerprint density at radius 1 is 1.20 bits per heavy atom. The second kappa shape index (κ2) is 6.03. The summed E-state index contributed by atoms with van der Waals surface area (Å²) in [6.45, 7) is 0. The number of hydrogen-bond acceptors (Lipinski definition) is 6. The Morgan fingerprint density at radius 2 is 2.04 bits per heavy atom. The van der Waals surface area contributed by atoms with Crippen LogP contribution in [-0.4, -0.2) is 18.0 Å². The van der Waals surface area contributed by atoms with E-state index >= 15 is 0 Å². The summed E-state index contributed by atoms with van der Waals surface area (Å²) in [4.78, 5) is 28.9. The number of nitrogens with zero attached hydrogens (tertiary/aromatic N) is 1. The van der Waals surface area contributed by atoms with Crippen LogP contribution in [0.5, 0.6) is 5.75 Å². The third-order valence-corrected chi connectivity index (χ3v) is 4.64. The number of anilines is 1. The molecule has 7 heteroatoms. The predicted octanol–water partition coefficient (Wildman–Crippen LogP) is 3.66. The second-order valence-corrected chi connectivity index (χ2v) is 6.32. The minimum absolute atomic E-state index is 0.0597. The van der Waals surface area contributed by atoms with Crippen molar-refractivity contribution in [3.63, 3.8) is 0 Å². The minimum atomic E-state index is -0.681. The van der Waals surface area contributed by atoms with E-state index in [2.05, 4.69) is 10.3 Å². The van der Waals surface area contributed by atoms with Gasteiger partial charge in [0.25, 0.3) is 5.91 Å². The van der Waals surface area contributed by atoms with Gasteiger partial charge in [-0.3, -0.25) is 10.1 Å². The van der Waals surface area contributed by atoms with E-state index in [0.29, 0.717) is 21.9 Å². The molecule has 1 N–H and O–H groups in total. The highest BCUT2D eigenvalue weighted by molar-refractivity contribution is 7.22. The number of carbonyl (C=O) groups excluding carboxylic acids is 1. The van der Waals surface area contributed by atoms with Crippen molar-refractivity contribution < 1.29 is 13.9 Å². The fourth-order valence-electron chi connectivity index (χ4n) is 2.47. The number of thiazole rings is 1. The number of rotatable bonds is 3. The third-order valence-electron chi connectivity index (χ3n) is 3.70. The standard InChI is InChI=1S/C18H12N2O4S/c1-23-11-6-7-13-15(9-11)25-18(19-13)20-16(21)12-8-10-4-2-3-5-14(10)24-17(12)22/h2-9H,1H3,(H,19,20,21). The highest BCUT2D eigenvalue weighted by Crippen LogP contribution is 2.29. The van der Waals surface area contributed by atoms with Crippen molar-refractivity contribution in [3.05, 3.63) is 64.5 Å². The molecule has 0 fully saturated rings. The van der Waals surface area contributed by atoms with Crippen LogP contribution < -0.4 is 15.7 Å². The average Bonchev–Trinajstić information content (AvgIpc) is 3.02. The first-order chi connectivity index (χ1) is 12.1. The van der Waals surface area contributed by atoms with Crippen molar-refractivity contribution in [2.75, 3.05) is 12.4 Å². The van der Waals surface area contributed by atoms with E-state index in [1.807, 2.05) is 18.2 Å². The van der Waals surface area contributed by atoms with Gasteiger partial charge in [0.2, 0.25) is 0 Å². The van der Waals surface area contributed by atoms with Crippen LogP contribution in [0.1, 0.15) is 10.4 Å². The summed E-state index contributed by atoms with van der Waals surface area (Å²) in [5.74, 6) is 0.162. The van der Waals surface area contributed by atoms with Gasteiger partial charge < -0.3 is 9.15 Å². The molecule has 4 rings (SSSR count). The molecule has 0 radical (unpaired) electrons. The summed E-state index contributed by atoms with van der Waals surface area (Å²) in [6.07, 6.45) is 0. The van der Waals surface area contributed by atoms with Gasteiger partial charge in [-0.15, -0.1) is 0 Å². The molecule has 2 aromatic heterocycles. The summed E-state index contributed by atoms with van der Waals surface area (Å²) in [5.41, 5.74) is 0.442. The predicted molar refractivity (Wildman–Crippen MR) is 96.6 cm³/mol. The normalized spacial score (nSPS) is 10.9. The maximum atomic E-state index is 12.4. The van der Waals surface area contributed by atoms with E-state index in [4.69, 9.17) is 9.15 Å². The summed E-state index contributed by atoms with van der Waals surface area (Å²) in [7, 11) is 1.59. The Morgan fingerprint density at radius 3 is 2.88 bits per heavy atom. The maximum Gasteiger partial charge on any atom is 0.349 e. The maximum absolute atomic E-state index is 12.4. The number of ether oxygens (including phenoxy) is 1. The van der Waals surface area contributed by atoms with Crippen LogP contribution >= 0.6 is 11.3 Å². The summed E-state index contributed by atoms with van der Waals surface area (Å²) in [6, 6.07) is 14.0. The van der Waals surface area contributed by atoms with Crippen molar-refractivity contribution in [2.45, 2.75) is 0 Å². The molecule has 124 valence electrons. The molecule has 0 aliphatic carbocycles. The zero-order valence-corrected chi connectivity index (χ0v) is 13.9. The Balaban J connectivity index is 1.68. The third kappa shape index (κ3) is 2.85. The lowest BCUT2D eigenvalue weighted by Gasteiger charge is -2.02. The van der Waals surface area contributed by atoms with Gasteiger partial charge >= 0.3 is 5.63 Å². The molecule has 0 aliphatic rings. The number of nitrogens with one attached hydrogen (secondary N) is 1. The van der Waals surface area contributed by atoms with Gasteiger partial charge in [-0.25, -0.2) is 9.78 Å². The first kappa shape index (κ1) is 15.3. The molecule has 6 nitrogen and oxygen atoms in total. The van der Waals surface area contributed by atoms with Crippen molar-refractivity contribution in [1.29, 1.82) is 0 Å². The second-order valence-electron chi connectivity index (χ2n) is 5.29. The fraction of sp³-hybridized carbons (Fsp3) is 0.0556. The number of hydrogen-bond donors (Lipinski definition) is 1. The first-order valence-corrected chi connectivity index (χ1v) is 8.24. The zero-order chi connectivity index (χ0) is 17.4. The summed E-state index contributed by atoms with van der Waals surface area (Å²) >= 11 is 1.30. The van der Waals surface area contributed by atoms with Gasteiger partial charge in [0.05, 0.1) is 17.3 Å². The highest BCUT2D eigenvalue weighted by atomic mass is 32.1. The van der Waals surface area contributed by atoms with E-state index in [1.165, 1.54) is 17.4 Å². The minimum Gasteiger partial charge on any atom is -0.497 e. The van der Waals surface area contributed by atoms with E-state index in [0.717, 1.165) is 10.2 Å². The Bertz CT molecular complexity index is 1160. The Kier molecular flexibility index (Phi) is 3.70. The fourth-order valence-corrected chi connectivity index (χ4v) is 3.36. The number of amides is 1. The van der Waals surface area contributed by atoms with E-state index in [9.17, 15) is 9.59 Å². The summed E-state index contributed by atoms with van der Waals surface area (Å²) < 4.78 is 11.2. The molecule has 25 heavy (non-hydrogen) atoms. The molecule has 1 amide bonds. The van der Waals surface area contributed by atoms with Gasteiger partial charge in [0.1, 0.15) is 16.9 Å². The number of aromatic nitrogens is 1. The lowest BCUT2D eigenvalue weighted by molar-refractivity contribution is 0.102. The zero-order valence-electron chi connectivity index (χ0n) is 13.1. The average molecular weight is 352 g/mol. The van der Waals surface area contributed by atoms with Crippen LogP contribution in [0.3, 0.4) is 0 Å². The Hall–Kier alpha value is -3.19. The number of fused-ring (bicyclic) bond motifs is 2. The highest BCUT2D eigenvalue weighted by Gasteiger charge is 2.16. The van der Waals surface area contributed by atoms with Crippen molar-refractivity contribution in [1.82, 2.24) is 4.98 Å². The molecule has 0 saturated carbocycles. The van der Waals surface area contributed by atoms with Gasteiger partial charge in [0.15, 0.2) is 5.13 Å². The molecule has 2 heterocycles. The lowest BCUT2D eigenvalue weighted by Crippen LogP contribution is -2.20. The molecule has 0 bridgehead atoms. The summed E-state index contributed by atoms with van der Waals surface area (Å²) in [5, 5.41) is 3.74. The van der Waals surface area contributed by atoms with Crippen molar-refractivity contribution in [3.8, 4) is 5.75 Å². The molecule has 2 aromatic carbocycles. The molecular weight excluding hydrogens is 340 g/mol. The van der Waals surface area contributed by atoms with Gasteiger partial charge in [0, 0.05) is 5.39 Å². The van der Waals surface area contributed by atoms with Gasteiger partial charge in [-0.2, -0.15) is 0 Å². The number of methoxy groups -OCH3 is 1. The lowest BCUT2D eigenvalue weighted by atomic mass is 10.2. The molecule has 0 unspecified atom stereocenters. The van der Waals surface area contributed by atoms with Crippen LogP contribution in [0.4, 0.5) is 5.13 Å². The number of benzene rings is 2. The smallest absolute Gasteiger partial charge is 0.349 e. The SMILES string of the molecule is COc1ccc2nc(NC(=O)c3cc4ccccc4oc3=O)sc2c1. The molecule has 0 spiro atoms. The van der Waals surface area contributed by atoms with Crippen LogP contribution in [0.2, 0.25) is 0 Å². The topological polar surface area (TPSA) is 81.4 Å². The van der Waals surface area contributed by atoms with E-state index in [1.54, 1.807) is 31.4 Å². The number of para-hydroxylation sites is 1. The molecule has 0 saturated heterocycles. The van der Waals surface area contributed by atoms with E-state index in [-0.39, 0.29) is 5.56 Å². The molecule has 0 atom stereocenters. The van der Waals surface area contributed by atoms with Crippen LogP contribution in [0.15, 0.2) is 57.7 Å². The molecular formula is C18H12N2O4S. The Labute approximate surface area is 145 Å². The van der Waals surface area contributed by atoms with Crippen molar-refractivity contribution >= 4 is 43.6 Å². The largest absolute Gasteiger partial charge is 0.497 e. The van der Waals surface area contributed by atoms with E-state index < -0.39 is 11.5 Å². The quantitative estimate of drug-likeness (QED) is 0.569. The first-order valence-electron chi connectivity index (χ1n) is 7.43. The monoisotopic (exact) mass is 352 g/mol. The molecule has 4 aromatic rings. The van der Waals surface area contributed by atoms with Gasteiger partial charge in [-0.1, -0.05) is 29.5 Å². The number of carbonyl (C=O) groups is 1. The van der Waals surface area contributed by atoms with Gasteiger partial charge in [-0.05, 0) is 30.3 Å². The van der Waals surface area contributed by atoms with Crippen molar-refractivity contribution in [2.24, 2.45) is 0 Å².